The smallest absolute Gasteiger partial charge is 0.409 e. The van der Waals surface area contributed by atoms with E-state index in [-0.39, 0.29) is 12.0 Å². The topological polar surface area (TPSA) is 90.9 Å². The second-order valence-electron chi connectivity index (χ2n) is 5.99. The summed E-state index contributed by atoms with van der Waals surface area (Å²) in [5.74, 6) is 0.474. The first-order chi connectivity index (χ1) is 12.0. The van der Waals surface area contributed by atoms with E-state index >= 15 is 0 Å². The Morgan fingerprint density at radius 1 is 1.20 bits per heavy atom. The summed E-state index contributed by atoms with van der Waals surface area (Å²) in [7, 11) is 3.89. The number of rotatable bonds is 6. The zero-order valence-corrected chi connectivity index (χ0v) is 15.1. The van der Waals surface area contributed by atoms with E-state index < -0.39 is 0 Å². The zero-order valence-electron chi connectivity index (χ0n) is 15.1. The summed E-state index contributed by atoms with van der Waals surface area (Å²) in [5.41, 5.74) is 0.299. The lowest BCUT2D eigenvalue weighted by Gasteiger charge is -2.34. The van der Waals surface area contributed by atoms with Crippen LogP contribution in [-0.4, -0.2) is 91.7 Å². The number of piperazine rings is 1. The molecule has 1 aromatic heterocycles. The van der Waals surface area contributed by atoms with Crippen LogP contribution in [0.5, 0.6) is 0 Å². The minimum atomic E-state index is -0.280. The fourth-order valence-electron chi connectivity index (χ4n) is 2.42. The third-order valence-corrected chi connectivity index (χ3v) is 3.85. The number of likely N-dealkylation sites (N-methyl/N-ethyl adjacent to an activating group) is 1. The van der Waals surface area contributed by atoms with Crippen molar-refractivity contribution >= 4 is 17.8 Å². The number of hydrogen-bond acceptors (Lipinski definition) is 7. The Bertz CT molecular complexity index is 570. The van der Waals surface area contributed by atoms with Crippen LogP contribution in [0.3, 0.4) is 0 Å². The van der Waals surface area contributed by atoms with Crippen LogP contribution in [-0.2, 0) is 4.74 Å². The summed E-state index contributed by atoms with van der Waals surface area (Å²) in [6.45, 7) is 5.96. The van der Waals surface area contributed by atoms with Crippen molar-refractivity contribution in [1.29, 1.82) is 0 Å². The molecule has 9 heteroatoms. The van der Waals surface area contributed by atoms with E-state index in [1.807, 2.05) is 23.9 Å². The van der Waals surface area contributed by atoms with Crippen LogP contribution in [0, 0.1) is 0 Å². The molecule has 0 radical (unpaired) electrons. The number of carbonyl (C=O) groups is 2. The fourth-order valence-corrected chi connectivity index (χ4v) is 2.42. The van der Waals surface area contributed by atoms with Gasteiger partial charge in [0.2, 0.25) is 0 Å². The maximum absolute atomic E-state index is 12.0. The zero-order chi connectivity index (χ0) is 18.2. The van der Waals surface area contributed by atoms with Crippen molar-refractivity contribution in [3.63, 3.8) is 0 Å². The van der Waals surface area contributed by atoms with Crippen LogP contribution >= 0.6 is 0 Å². The van der Waals surface area contributed by atoms with Crippen molar-refractivity contribution in [2.24, 2.45) is 0 Å². The molecule has 0 aromatic carbocycles. The highest BCUT2D eigenvalue weighted by Crippen LogP contribution is 2.13. The monoisotopic (exact) mass is 350 g/mol. The minimum absolute atomic E-state index is 0.229. The number of ether oxygens (including phenoxy) is 1. The summed E-state index contributed by atoms with van der Waals surface area (Å²) in [4.78, 5) is 37.9. The van der Waals surface area contributed by atoms with Crippen molar-refractivity contribution in [3.8, 4) is 0 Å². The molecule has 1 N–H and O–H groups in total. The van der Waals surface area contributed by atoms with Crippen molar-refractivity contribution in [3.05, 3.63) is 18.1 Å². The largest absolute Gasteiger partial charge is 0.450 e. The molecule has 1 aliphatic heterocycles. The number of nitrogens with one attached hydrogen (secondary N) is 1. The molecule has 0 atom stereocenters. The van der Waals surface area contributed by atoms with Gasteiger partial charge in [0.25, 0.3) is 5.91 Å². The second kappa shape index (κ2) is 9.16. The molecule has 1 aliphatic rings. The highest BCUT2D eigenvalue weighted by molar-refractivity contribution is 5.92. The van der Waals surface area contributed by atoms with Gasteiger partial charge < -0.3 is 24.8 Å². The predicted octanol–water partition coefficient (Wildman–Crippen LogP) is 0.0465. The molecular weight excluding hydrogens is 324 g/mol. The van der Waals surface area contributed by atoms with Gasteiger partial charge in [0.05, 0.1) is 19.0 Å². The molecule has 0 unspecified atom stereocenters. The van der Waals surface area contributed by atoms with Crippen LogP contribution < -0.4 is 10.2 Å². The minimum Gasteiger partial charge on any atom is -0.450 e. The first kappa shape index (κ1) is 18.9. The van der Waals surface area contributed by atoms with E-state index in [1.54, 1.807) is 18.0 Å². The van der Waals surface area contributed by atoms with Crippen molar-refractivity contribution in [2.75, 3.05) is 64.9 Å². The van der Waals surface area contributed by atoms with Gasteiger partial charge in [0.15, 0.2) is 0 Å². The SMILES string of the molecule is CCOC(=O)N1CCN(c2cnc(C(=O)NCCN(C)C)cn2)CC1. The molecule has 2 rings (SSSR count). The lowest BCUT2D eigenvalue weighted by Crippen LogP contribution is -2.49. The van der Waals surface area contributed by atoms with E-state index in [1.165, 1.54) is 6.20 Å². The number of amides is 2. The Kier molecular flexibility index (Phi) is 6.93. The summed E-state index contributed by atoms with van der Waals surface area (Å²) < 4.78 is 5.00. The predicted molar refractivity (Wildman–Crippen MR) is 93.7 cm³/mol. The average molecular weight is 350 g/mol. The van der Waals surface area contributed by atoms with E-state index in [2.05, 4.69) is 15.3 Å². The maximum Gasteiger partial charge on any atom is 0.409 e. The molecule has 0 spiro atoms. The molecule has 0 aliphatic carbocycles. The van der Waals surface area contributed by atoms with Crippen molar-refractivity contribution in [2.45, 2.75) is 6.92 Å². The number of carbonyl (C=O) groups excluding carboxylic acids is 2. The number of hydrogen-bond donors (Lipinski definition) is 1. The second-order valence-corrected chi connectivity index (χ2v) is 5.99. The van der Waals surface area contributed by atoms with Crippen LogP contribution in [0.15, 0.2) is 12.4 Å². The maximum atomic E-state index is 12.0. The van der Waals surface area contributed by atoms with Gasteiger partial charge in [-0.05, 0) is 21.0 Å². The third kappa shape index (κ3) is 5.56. The highest BCUT2D eigenvalue weighted by atomic mass is 16.6. The van der Waals surface area contributed by atoms with Crippen LogP contribution in [0.25, 0.3) is 0 Å². The highest BCUT2D eigenvalue weighted by Gasteiger charge is 2.23. The van der Waals surface area contributed by atoms with Gasteiger partial charge in [-0.3, -0.25) is 4.79 Å². The van der Waals surface area contributed by atoms with Crippen LogP contribution in [0.2, 0.25) is 0 Å². The average Bonchev–Trinajstić information content (AvgIpc) is 2.62. The number of nitrogens with zero attached hydrogens (tertiary/aromatic N) is 5. The van der Waals surface area contributed by atoms with Gasteiger partial charge in [0, 0.05) is 39.3 Å². The number of aromatic nitrogens is 2. The Balaban J connectivity index is 1.84. The van der Waals surface area contributed by atoms with E-state index in [0.29, 0.717) is 50.8 Å². The van der Waals surface area contributed by atoms with E-state index in [0.717, 1.165) is 6.54 Å². The molecule has 1 aromatic rings. The molecule has 0 bridgehead atoms. The Morgan fingerprint density at radius 2 is 1.92 bits per heavy atom. The molecule has 9 nitrogen and oxygen atoms in total. The molecule has 2 heterocycles. The Morgan fingerprint density at radius 3 is 2.48 bits per heavy atom. The molecule has 0 saturated carbocycles. The molecule has 1 fully saturated rings. The van der Waals surface area contributed by atoms with Gasteiger partial charge in [-0.2, -0.15) is 0 Å². The molecule has 25 heavy (non-hydrogen) atoms. The van der Waals surface area contributed by atoms with Gasteiger partial charge in [-0.25, -0.2) is 14.8 Å². The quantitative estimate of drug-likeness (QED) is 0.775. The van der Waals surface area contributed by atoms with E-state index in [9.17, 15) is 9.59 Å². The van der Waals surface area contributed by atoms with Gasteiger partial charge in [-0.15, -0.1) is 0 Å². The normalized spacial score (nSPS) is 14.6. The molecule has 138 valence electrons. The molecular formula is C16H26N6O3. The summed E-state index contributed by atoms with van der Waals surface area (Å²) in [6.07, 6.45) is 2.80. The van der Waals surface area contributed by atoms with Gasteiger partial charge >= 0.3 is 6.09 Å². The van der Waals surface area contributed by atoms with E-state index in [4.69, 9.17) is 4.74 Å². The van der Waals surface area contributed by atoms with Crippen LogP contribution in [0.4, 0.5) is 10.6 Å². The lowest BCUT2D eigenvalue weighted by atomic mass is 10.3. The number of anilines is 1. The molecule has 2 amide bonds. The van der Waals surface area contributed by atoms with Crippen molar-refractivity contribution in [1.82, 2.24) is 25.1 Å². The standard InChI is InChI=1S/C16H26N6O3/c1-4-25-16(24)22-9-7-21(8-10-22)14-12-18-13(11-19-14)15(23)17-5-6-20(2)3/h11-12H,4-10H2,1-3H3,(H,17,23). The Hall–Kier alpha value is -2.42. The lowest BCUT2D eigenvalue weighted by molar-refractivity contribution is 0.0944. The fraction of sp³-hybridized carbons (Fsp3) is 0.625. The van der Waals surface area contributed by atoms with Gasteiger partial charge in [0.1, 0.15) is 11.5 Å². The van der Waals surface area contributed by atoms with Crippen LogP contribution in [0.1, 0.15) is 17.4 Å². The first-order valence-electron chi connectivity index (χ1n) is 8.43. The first-order valence-corrected chi connectivity index (χ1v) is 8.43. The third-order valence-electron chi connectivity index (χ3n) is 3.85. The van der Waals surface area contributed by atoms with Gasteiger partial charge in [-0.1, -0.05) is 0 Å². The van der Waals surface area contributed by atoms with Crippen molar-refractivity contribution < 1.29 is 14.3 Å². The summed E-state index contributed by atoms with van der Waals surface area (Å²) in [5, 5.41) is 2.80. The molecule has 1 saturated heterocycles. The summed E-state index contributed by atoms with van der Waals surface area (Å²) >= 11 is 0. The Labute approximate surface area is 148 Å². The summed E-state index contributed by atoms with van der Waals surface area (Å²) in [6, 6.07) is 0.